The Morgan fingerprint density at radius 1 is 0.654 bits per heavy atom. The van der Waals surface area contributed by atoms with E-state index < -0.39 is 0 Å². The topological polar surface area (TPSA) is 25.8 Å². The summed E-state index contributed by atoms with van der Waals surface area (Å²) in [5.74, 6) is 0. The van der Waals surface area contributed by atoms with Gasteiger partial charge in [0, 0.05) is 35.6 Å². The molecule has 0 N–H and O–H groups in total. The predicted molar refractivity (Wildman–Crippen MR) is 106 cm³/mol. The van der Waals surface area contributed by atoms with Gasteiger partial charge in [0.2, 0.25) is 0 Å². The van der Waals surface area contributed by atoms with Gasteiger partial charge in [-0.3, -0.25) is 9.97 Å². The molecule has 3 saturated carbocycles. The van der Waals surface area contributed by atoms with E-state index in [0.29, 0.717) is 10.8 Å². The molecule has 3 fully saturated rings. The number of pyridine rings is 2. The standard InChI is InChI=1S/C24H26N2/c1-2-10-23(9-1)21(15-19-7-5-13-25-17-19)22(24(23)11-3-4-12-24)16-20-8-6-14-26-18-20/h5-8,13-18H,1-4,9-12H2. The number of nitrogens with zero attached hydrogens (tertiary/aromatic N) is 2. The summed E-state index contributed by atoms with van der Waals surface area (Å²) in [6.45, 7) is 0. The third kappa shape index (κ3) is 2.24. The summed E-state index contributed by atoms with van der Waals surface area (Å²) in [5.41, 5.74) is 6.47. The Balaban J connectivity index is 1.66. The monoisotopic (exact) mass is 342 g/mol. The third-order valence-corrected chi connectivity index (χ3v) is 7.14. The molecule has 2 aromatic rings. The minimum absolute atomic E-state index is 0.410. The molecule has 0 aliphatic heterocycles. The lowest BCUT2D eigenvalue weighted by atomic mass is 9.42. The van der Waals surface area contributed by atoms with Crippen LogP contribution in [0.1, 0.15) is 62.5 Å². The predicted octanol–water partition coefficient (Wildman–Crippen LogP) is 6.08. The van der Waals surface area contributed by atoms with Gasteiger partial charge < -0.3 is 0 Å². The van der Waals surface area contributed by atoms with Gasteiger partial charge in [-0.2, -0.15) is 0 Å². The van der Waals surface area contributed by atoms with Crippen molar-refractivity contribution in [2.45, 2.75) is 51.4 Å². The van der Waals surface area contributed by atoms with Crippen LogP contribution in [0.3, 0.4) is 0 Å². The zero-order chi connectivity index (χ0) is 17.5. The maximum atomic E-state index is 4.34. The molecule has 0 atom stereocenters. The van der Waals surface area contributed by atoms with Gasteiger partial charge in [-0.05, 0) is 72.2 Å². The maximum absolute atomic E-state index is 4.34. The van der Waals surface area contributed by atoms with Crippen molar-refractivity contribution >= 4 is 12.2 Å². The fraction of sp³-hybridized carbons (Fsp3) is 0.417. The first-order valence-electron chi connectivity index (χ1n) is 10.1. The summed E-state index contributed by atoms with van der Waals surface area (Å²) < 4.78 is 0. The number of rotatable bonds is 2. The van der Waals surface area contributed by atoms with Gasteiger partial charge in [0.05, 0.1) is 0 Å². The molecule has 5 rings (SSSR count). The molecule has 0 bridgehead atoms. The molecule has 0 saturated heterocycles. The van der Waals surface area contributed by atoms with Crippen LogP contribution in [-0.4, -0.2) is 9.97 Å². The Morgan fingerprint density at radius 2 is 1.08 bits per heavy atom. The van der Waals surface area contributed by atoms with Gasteiger partial charge >= 0.3 is 0 Å². The fourth-order valence-corrected chi connectivity index (χ4v) is 6.11. The quantitative estimate of drug-likeness (QED) is 0.661. The van der Waals surface area contributed by atoms with E-state index in [1.165, 1.54) is 62.5 Å². The van der Waals surface area contributed by atoms with Crippen LogP contribution >= 0.6 is 0 Å². The Hall–Kier alpha value is -2.22. The van der Waals surface area contributed by atoms with Crippen LogP contribution in [0, 0.1) is 10.8 Å². The smallest absolute Gasteiger partial charge is 0.0340 e. The lowest BCUT2D eigenvalue weighted by Crippen LogP contribution is -2.52. The van der Waals surface area contributed by atoms with Gasteiger partial charge in [0.1, 0.15) is 0 Å². The van der Waals surface area contributed by atoms with E-state index in [1.807, 2.05) is 36.9 Å². The average molecular weight is 342 g/mol. The maximum Gasteiger partial charge on any atom is 0.0340 e. The summed E-state index contributed by atoms with van der Waals surface area (Å²) in [6.07, 6.45) is 23.6. The SMILES string of the molecule is C(=C1C(=Cc2cccnc2)C2(CCCC2)C12CCCC2)c1cccnc1. The summed E-state index contributed by atoms with van der Waals surface area (Å²) in [7, 11) is 0. The summed E-state index contributed by atoms with van der Waals surface area (Å²) >= 11 is 0. The first-order valence-corrected chi connectivity index (χ1v) is 10.1. The zero-order valence-corrected chi connectivity index (χ0v) is 15.3. The van der Waals surface area contributed by atoms with Crippen LogP contribution < -0.4 is 0 Å². The molecule has 2 heteroatoms. The van der Waals surface area contributed by atoms with Gasteiger partial charge in [0.25, 0.3) is 0 Å². The van der Waals surface area contributed by atoms with Crippen molar-refractivity contribution in [3.8, 4) is 0 Å². The van der Waals surface area contributed by atoms with Gasteiger partial charge in [-0.15, -0.1) is 0 Å². The van der Waals surface area contributed by atoms with Crippen molar-refractivity contribution < 1.29 is 0 Å². The van der Waals surface area contributed by atoms with E-state index in [9.17, 15) is 0 Å². The van der Waals surface area contributed by atoms with E-state index in [-0.39, 0.29) is 0 Å². The number of allylic oxidation sites excluding steroid dienone is 2. The van der Waals surface area contributed by atoms with E-state index in [1.54, 1.807) is 11.1 Å². The van der Waals surface area contributed by atoms with E-state index in [4.69, 9.17) is 0 Å². The molecule has 0 unspecified atom stereocenters. The van der Waals surface area contributed by atoms with Crippen molar-refractivity contribution in [3.05, 3.63) is 71.3 Å². The second-order valence-corrected chi connectivity index (χ2v) is 8.27. The molecule has 26 heavy (non-hydrogen) atoms. The first-order chi connectivity index (χ1) is 12.8. The summed E-state index contributed by atoms with van der Waals surface area (Å²) in [5, 5.41) is 0. The van der Waals surface area contributed by atoms with Crippen LogP contribution in [-0.2, 0) is 0 Å². The molecule has 2 spiro atoms. The zero-order valence-electron chi connectivity index (χ0n) is 15.3. The van der Waals surface area contributed by atoms with Crippen LogP contribution in [0.5, 0.6) is 0 Å². The lowest BCUT2D eigenvalue weighted by Gasteiger charge is -2.61. The average Bonchev–Trinajstić information content (AvgIpc) is 3.39. The van der Waals surface area contributed by atoms with Crippen LogP contribution in [0.15, 0.2) is 60.2 Å². The molecule has 2 heterocycles. The molecular weight excluding hydrogens is 316 g/mol. The number of hydrogen-bond donors (Lipinski definition) is 0. The highest BCUT2D eigenvalue weighted by atomic mass is 14.7. The highest BCUT2D eigenvalue weighted by Crippen LogP contribution is 2.76. The van der Waals surface area contributed by atoms with Crippen molar-refractivity contribution in [1.82, 2.24) is 9.97 Å². The number of fused-ring (bicyclic) bond motifs is 1. The Kier molecular flexibility index (Phi) is 3.81. The summed E-state index contributed by atoms with van der Waals surface area (Å²) in [6, 6.07) is 8.46. The van der Waals surface area contributed by atoms with E-state index >= 15 is 0 Å². The van der Waals surface area contributed by atoms with Crippen LogP contribution in [0.4, 0.5) is 0 Å². The van der Waals surface area contributed by atoms with Crippen LogP contribution in [0.25, 0.3) is 12.2 Å². The molecule has 2 aromatic heterocycles. The molecule has 0 radical (unpaired) electrons. The fourth-order valence-electron chi connectivity index (χ4n) is 6.11. The highest BCUT2D eigenvalue weighted by molar-refractivity contribution is 5.76. The van der Waals surface area contributed by atoms with Gasteiger partial charge in [-0.25, -0.2) is 0 Å². The van der Waals surface area contributed by atoms with E-state index in [0.717, 1.165) is 0 Å². The first kappa shape index (κ1) is 16.0. The van der Waals surface area contributed by atoms with Crippen molar-refractivity contribution in [1.29, 1.82) is 0 Å². The highest BCUT2D eigenvalue weighted by Gasteiger charge is 2.65. The molecular formula is C24H26N2. The molecule has 3 aliphatic rings. The van der Waals surface area contributed by atoms with Crippen molar-refractivity contribution in [2.24, 2.45) is 10.8 Å². The molecule has 3 aliphatic carbocycles. The number of hydrogen-bond acceptors (Lipinski definition) is 2. The normalized spacial score (nSPS) is 26.0. The summed E-state index contributed by atoms with van der Waals surface area (Å²) in [4.78, 5) is 8.67. The Bertz CT molecular complexity index is 763. The molecule has 2 nitrogen and oxygen atoms in total. The molecule has 132 valence electrons. The molecule has 0 aromatic carbocycles. The minimum Gasteiger partial charge on any atom is -0.264 e. The van der Waals surface area contributed by atoms with E-state index in [2.05, 4.69) is 34.3 Å². The lowest BCUT2D eigenvalue weighted by molar-refractivity contribution is 0.0698. The Morgan fingerprint density at radius 3 is 1.42 bits per heavy atom. The number of aromatic nitrogens is 2. The van der Waals surface area contributed by atoms with Crippen molar-refractivity contribution in [3.63, 3.8) is 0 Å². The second-order valence-electron chi connectivity index (χ2n) is 8.27. The van der Waals surface area contributed by atoms with Crippen LogP contribution in [0.2, 0.25) is 0 Å². The van der Waals surface area contributed by atoms with Gasteiger partial charge in [0.15, 0.2) is 0 Å². The molecule has 0 amide bonds. The van der Waals surface area contributed by atoms with Crippen molar-refractivity contribution in [2.75, 3.05) is 0 Å². The third-order valence-electron chi connectivity index (χ3n) is 7.14. The largest absolute Gasteiger partial charge is 0.264 e. The van der Waals surface area contributed by atoms with Gasteiger partial charge in [-0.1, -0.05) is 37.8 Å². The second kappa shape index (κ2) is 6.19. The minimum atomic E-state index is 0.410. The Labute approximate surface area is 156 Å².